The highest BCUT2D eigenvalue weighted by atomic mass is 32.2. The Bertz CT molecular complexity index is 472. The van der Waals surface area contributed by atoms with E-state index in [0.29, 0.717) is 4.58 Å². The van der Waals surface area contributed by atoms with E-state index in [4.69, 9.17) is 4.74 Å². The molecule has 0 radical (unpaired) electrons. The number of carbonyl (C=O) groups is 1. The first kappa shape index (κ1) is 17.5. The third-order valence-electron chi connectivity index (χ3n) is 3.99. The van der Waals surface area contributed by atoms with Gasteiger partial charge in [-0.3, -0.25) is 4.79 Å². The van der Waals surface area contributed by atoms with Crippen LogP contribution >= 0.6 is 23.5 Å². The van der Waals surface area contributed by atoms with Gasteiger partial charge in [0.15, 0.2) is 6.61 Å². The van der Waals surface area contributed by atoms with Crippen LogP contribution in [0.1, 0.15) is 36.8 Å². The zero-order valence-corrected chi connectivity index (χ0v) is 15.2. The van der Waals surface area contributed by atoms with Crippen LogP contribution in [0, 0.1) is 0 Å². The molecule has 0 aromatic heterocycles. The number of carbonyl (C=O) groups excluding carboxylic acids is 1. The summed E-state index contributed by atoms with van der Waals surface area (Å²) >= 11 is 4.02. The van der Waals surface area contributed by atoms with Crippen LogP contribution < -0.4 is 4.74 Å². The smallest absolute Gasteiger partial charge is 0.260 e. The van der Waals surface area contributed by atoms with Gasteiger partial charge in [0.05, 0.1) is 4.58 Å². The highest BCUT2D eigenvalue weighted by molar-refractivity contribution is 8.16. The first-order valence-corrected chi connectivity index (χ1v) is 9.93. The molecule has 1 aliphatic rings. The molecule has 0 spiro atoms. The van der Waals surface area contributed by atoms with E-state index in [1.807, 2.05) is 49.6 Å². The zero-order valence-electron chi connectivity index (χ0n) is 13.6. The van der Waals surface area contributed by atoms with Gasteiger partial charge >= 0.3 is 0 Å². The molecule has 1 amide bonds. The average molecular weight is 340 g/mol. The first-order chi connectivity index (χ1) is 10.6. The minimum Gasteiger partial charge on any atom is -0.484 e. The molecule has 1 unspecified atom stereocenters. The van der Waals surface area contributed by atoms with Crippen molar-refractivity contribution in [1.82, 2.24) is 4.90 Å². The summed E-state index contributed by atoms with van der Waals surface area (Å²) in [6, 6.07) is 8.43. The first-order valence-electron chi connectivity index (χ1n) is 7.83. The van der Waals surface area contributed by atoms with E-state index >= 15 is 0 Å². The van der Waals surface area contributed by atoms with E-state index in [1.54, 1.807) is 4.90 Å². The molecule has 2 rings (SSSR count). The number of amides is 1. The van der Waals surface area contributed by atoms with Crippen molar-refractivity contribution >= 4 is 29.4 Å². The van der Waals surface area contributed by atoms with E-state index in [1.165, 1.54) is 23.5 Å². The Morgan fingerprint density at radius 1 is 1.32 bits per heavy atom. The number of likely N-dealkylation sites (N-methyl/N-ethyl adjacent to an activating group) is 1. The highest BCUT2D eigenvalue weighted by Crippen LogP contribution is 2.43. The second-order valence-corrected chi connectivity index (χ2v) is 8.27. The monoisotopic (exact) mass is 339 g/mol. The summed E-state index contributed by atoms with van der Waals surface area (Å²) in [6.07, 6.45) is 2.26. The number of nitrogens with zero attached hydrogens (tertiary/aromatic N) is 1. The van der Waals surface area contributed by atoms with Gasteiger partial charge in [-0.05, 0) is 49.0 Å². The van der Waals surface area contributed by atoms with Crippen LogP contribution in [0.15, 0.2) is 24.3 Å². The van der Waals surface area contributed by atoms with Gasteiger partial charge in [-0.2, -0.15) is 0 Å². The molecular formula is C17H25NO2S2. The van der Waals surface area contributed by atoms with Crippen molar-refractivity contribution in [3.8, 4) is 5.75 Å². The topological polar surface area (TPSA) is 29.5 Å². The van der Waals surface area contributed by atoms with Crippen LogP contribution in [-0.4, -0.2) is 42.0 Å². The Morgan fingerprint density at radius 2 is 1.95 bits per heavy atom. The van der Waals surface area contributed by atoms with Gasteiger partial charge in [-0.25, -0.2) is 0 Å². The molecule has 0 aliphatic carbocycles. The van der Waals surface area contributed by atoms with Crippen LogP contribution in [-0.2, 0) is 4.79 Å². The number of hydrogen-bond donors (Lipinski definition) is 0. The van der Waals surface area contributed by atoms with Gasteiger partial charge in [0, 0.05) is 13.1 Å². The SMILES string of the molecule is CCC(C)N(C)C(=O)COc1ccc(C2SCCCS2)cc1. The Hall–Kier alpha value is -0.810. The van der Waals surface area contributed by atoms with Gasteiger partial charge < -0.3 is 9.64 Å². The summed E-state index contributed by atoms with van der Waals surface area (Å²) in [4.78, 5) is 13.8. The summed E-state index contributed by atoms with van der Waals surface area (Å²) in [6.45, 7) is 4.23. The van der Waals surface area contributed by atoms with Crippen LogP contribution in [0.25, 0.3) is 0 Å². The molecule has 0 bridgehead atoms. The Morgan fingerprint density at radius 3 is 2.55 bits per heavy atom. The molecule has 3 nitrogen and oxygen atoms in total. The van der Waals surface area contributed by atoms with Gasteiger partial charge in [0.2, 0.25) is 0 Å². The zero-order chi connectivity index (χ0) is 15.9. The normalized spacial score (nSPS) is 17.0. The number of ether oxygens (including phenoxy) is 1. The van der Waals surface area contributed by atoms with E-state index < -0.39 is 0 Å². The highest BCUT2D eigenvalue weighted by Gasteiger charge is 2.17. The van der Waals surface area contributed by atoms with Gasteiger partial charge in [0.1, 0.15) is 5.75 Å². The maximum Gasteiger partial charge on any atom is 0.260 e. The fourth-order valence-electron chi connectivity index (χ4n) is 2.17. The molecule has 1 aliphatic heterocycles. The fourth-order valence-corrected chi connectivity index (χ4v) is 5.06. The minimum atomic E-state index is 0.0248. The van der Waals surface area contributed by atoms with Crippen molar-refractivity contribution < 1.29 is 9.53 Å². The molecule has 1 fully saturated rings. The maximum atomic E-state index is 12.0. The van der Waals surface area contributed by atoms with Gasteiger partial charge in [0.25, 0.3) is 5.91 Å². The lowest BCUT2D eigenvalue weighted by Crippen LogP contribution is -2.37. The van der Waals surface area contributed by atoms with Crippen LogP contribution in [0.5, 0.6) is 5.75 Å². The molecule has 1 atom stereocenters. The van der Waals surface area contributed by atoms with E-state index in [9.17, 15) is 4.79 Å². The van der Waals surface area contributed by atoms with Gasteiger partial charge in [-0.1, -0.05) is 19.1 Å². The molecule has 1 heterocycles. The summed E-state index contributed by atoms with van der Waals surface area (Å²) in [5.74, 6) is 3.27. The molecule has 1 aromatic carbocycles. The molecule has 1 saturated heterocycles. The third kappa shape index (κ3) is 4.85. The number of benzene rings is 1. The molecule has 122 valence electrons. The van der Waals surface area contributed by atoms with Crippen LogP contribution in [0.2, 0.25) is 0 Å². The summed E-state index contributed by atoms with van der Waals surface area (Å²) in [5.41, 5.74) is 1.34. The summed E-state index contributed by atoms with van der Waals surface area (Å²) in [7, 11) is 1.83. The molecule has 0 saturated carbocycles. The molecule has 5 heteroatoms. The van der Waals surface area contributed by atoms with Crippen molar-refractivity contribution in [2.45, 2.75) is 37.3 Å². The number of rotatable bonds is 6. The molecule has 0 N–H and O–H groups in total. The molecule has 1 aromatic rings. The number of hydrogen-bond acceptors (Lipinski definition) is 4. The number of thioether (sulfide) groups is 2. The minimum absolute atomic E-state index is 0.0248. The quantitative estimate of drug-likeness (QED) is 0.777. The van der Waals surface area contributed by atoms with E-state index in [-0.39, 0.29) is 18.6 Å². The van der Waals surface area contributed by atoms with E-state index in [2.05, 4.69) is 19.1 Å². The predicted molar refractivity (Wildman–Crippen MR) is 96.7 cm³/mol. The fraction of sp³-hybridized carbons (Fsp3) is 0.588. The lowest BCUT2D eigenvalue weighted by atomic mass is 10.2. The van der Waals surface area contributed by atoms with E-state index in [0.717, 1.165) is 12.2 Å². The second-order valence-electron chi connectivity index (χ2n) is 5.55. The second kappa shape index (κ2) is 8.73. The van der Waals surface area contributed by atoms with Crippen molar-refractivity contribution in [2.75, 3.05) is 25.2 Å². The third-order valence-corrected chi connectivity index (χ3v) is 7.00. The average Bonchev–Trinajstić information content (AvgIpc) is 2.59. The Balaban J connectivity index is 1.84. The summed E-state index contributed by atoms with van der Waals surface area (Å²) < 4.78 is 6.16. The summed E-state index contributed by atoms with van der Waals surface area (Å²) in [5, 5.41) is 0. The Labute approximate surface area is 142 Å². The standard InChI is InChI=1S/C17H25NO2S2/c1-4-13(2)18(3)16(19)12-20-15-8-6-14(7-9-15)17-21-10-5-11-22-17/h6-9,13,17H,4-5,10-12H2,1-3H3. The largest absolute Gasteiger partial charge is 0.484 e. The Kier molecular flexibility index (Phi) is 6.96. The molecular weight excluding hydrogens is 314 g/mol. The van der Waals surface area contributed by atoms with Crippen LogP contribution in [0.3, 0.4) is 0 Å². The van der Waals surface area contributed by atoms with Crippen molar-refractivity contribution in [1.29, 1.82) is 0 Å². The van der Waals surface area contributed by atoms with Crippen molar-refractivity contribution in [2.24, 2.45) is 0 Å². The maximum absolute atomic E-state index is 12.0. The van der Waals surface area contributed by atoms with Crippen LogP contribution in [0.4, 0.5) is 0 Å². The molecule has 22 heavy (non-hydrogen) atoms. The predicted octanol–water partition coefficient (Wildman–Crippen LogP) is 4.19. The van der Waals surface area contributed by atoms with Gasteiger partial charge in [-0.15, -0.1) is 23.5 Å². The lowest BCUT2D eigenvalue weighted by molar-refractivity contribution is -0.133. The lowest BCUT2D eigenvalue weighted by Gasteiger charge is -2.24. The van der Waals surface area contributed by atoms with Crippen molar-refractivity contribution in [3.05, 3.63) is 29.8 Å². The van der Waals surface area contributed by atoms with Crippen molar-refractivity contribution in [3.63, 3.8) is 0 Å².